The Kier molecular flexibility index (Phi) is 4.87. The molecule has 0 saturated heterocycles. The molecular formula is C13H22N2O2. The Hall–Kier alpha value is -1.16. The summed E-state index contributed by atoms with van der Waals surface area (Å²) in [7, 11) is 0. The van der Waals surface area contributed by atoms with Crippen LogP contribution in [0.4, 0.5) is 0 Å². The Balaban J connectivity index is 2.63. The molecule has 1 heterocycles. The molecule has 1 aromatic rings. The molecule has 2 unspecified atom stereocenters. The van der Waals surface area contributed by atoms with Gasteiger partial charge in [-0.05, 0) is 25.3 Å². The van der Waals surface area contributed by atoms with E-state index in [-0.39, 0.29) is 18.1 Å². The molecule has 0 aromatic carbocycles. The van der Waals surface area contributed by atoms with Crippen LogP contribution in [0.5, 0.6) is 0 Å². The zero-order chi connectivity index (χ0) is 13.0. The third-order valence-electron chi connectivity index (χ3n) is 3.02. The summed E-state index contributed by atoms with van der Waals surface area (Å²) < 4.78 is 1.87. The van der Waals surface area contributed by atoms with Crippen LogP contribution in [0, 0.1) is 5.92 Å². The summed E-state index contributed by atoms with van der Waals surface area (Å²) in [5.41, 5.74) is 0.731. The van der Waals surface area contributed by atoms with Crippen LogP contribution in [0.25, 0.3) is 0 Å². The number of rotatable bonds is 6. The lowest BCUT2D eigenvalue weighted by molar-refractivity contribution is -0.128. The SMILES string of the molecule is CCC(C)n1ccc(CC(=O)C(O)C(C)C)n1. The number of Topliss-reactive ketones (excluding diaryl/α,β-unsaturated/α-hetero) is 1. The van der Waals surface area contributed by atoms with E-state index in [1.165, 1.54) is 0 Å². The zero-order valence-corrected chi connectivity index (χ0v) is 11.1. The van der Waals surface area contributed by atoms with E-state index < -0.39 is 6.10 Å². The van der Waals surface area contributed by atoms with Crippen molar-refractivity contribution in [3.8, 4) is 0 Å². The highest BCUT2D eigenvalue weighted by molar-refractivity contribution is 5.84. The number of aliphatic hydroxyl groups is 1. The first-order chi connectivity index (χ1) is 7.95. The van der Waals surface area contributed by atoms with Gasteiger partial charge in [0.25, 0.3) is 0 Å². The minimum atomic E-state index is -0.885. The van der Waals surface area contributed by atoms with Crippen LogP contribution in [0.15, 0.2) is 12.3 Å². The minimum Gasteiger partial charge on any atom is -0.385 e. The van der Waals surface area contributed by atoms with Crippen molar-refractivity contribution in [1.82, 2.24) is 9.78 Å². The summed E-state index contributed by atoms with van der Waals surface area (Å²) in [6, 6.07) is 2.19. The fourth-order valence-electron chi connectivity index (χ4n) is 1.56. The highest BCUT2D eigenvalue weighted by Crippen LogP contribution is 2.11. The molecule has 1 rings (SSSR count). The molecule has 17 heavy (non-hydrogen) atoms. The van der Waals surface area contributed by atoms with Crippen molar-refractivity contribution in [3.63, 3.8) is 0 Å². The second kappa shape index (κ2) is 5.96. The normalized spacial score (nSPS) is 14.9. The Morgan fingerprint density at radius 3 is 2.65 bits per heavy atom. The molecule has 0 bridgehead atoms. The smallest absolute Gasteiger partial charge is 0.167 e. The lowest BCUT2D eigenvalue weighted by Gasteiger charge is -2.12. The van der Waals surface area contributed by atoms with Crippen molar-refractivity contribution in [2.24, 2.45) is 5.92 Å². The van der Waals surface area contributed by atoms with E-state index in [0.29, 0.717) is 6.04 Å². The number of aliphatic hydroxyl groups excluding tert-OH is 1. The summed E-state index contributed by atoms with van der Waals surface area (Å²) in [6.45, 7) is 7.85. The molecule has 0 aliphatic rings. The summed E-state index contributed by atoms with van der Waals surface area (Å²) in [5, 5.41) is 14.0. The number of nitrogens with zero attached hydrogens (tertiary/aromatic N) is 2. The molecule has 1 aromatic heterocycles. The van der Waals surface area contributed by atoms with Crippen LogP contribution >= 0.6 is 0 Å². The Morgan fingerprint density at radius 2 is 2.12 bits per heavy atom. The van der Waals surface area contributed by atoms with Crippen LogP contribution in [-0.4, -0.2) is 26.8 Å². The van der Waals surface area contributed by atoms with E-state index in [9.17, 15) is 9.90 Å². The van der Waals surface area contributed by atoms with Crippen molar-refractivity contribution in [1.29, 1.82) is 0 Å². The highest BCUT2D eigenvalue weighted by Gasteiger charge is 2.20. The van der Waals surface area contributed by atoms with Gasteiger partial charge in [-0.25, -0.2) is 0 Å². The van der Waals surface area contributed by atoms with Crippen LogP contribution in [0.2, 0.25) is 0 Å². The Bertz CT molecular complexity index is 371. The van der Waals surface area contributed by atoms with Gasteiger partial charge in [0, 0.05) is 12.2 Å². The molecule has 0 aliphatic carbocycles. The second-order valence-corrected chi connectivity index (χ2v) is 4.88. The van der Waals surface area contributed by atoms with Crippen molar-refractivity contribution in [2.45, 2.75) is 52.7 Å². The monoisotopic (exact) mass is 238 g/mol. The molecule has 96 valence electrons. The van der Waals surface area contributed by atoms with Crippen molar-refractivity contribution < 1.29 is 9.90 Å². The molecular weight excluding hydrogens is 216 g/mol. The fourth-order valence-corrected chi connectivity index (χ4v) is 1.56. The van der Waals surface area contributed by atoms with Crippen molar-refractivity contribution in [3.05, 3.63) is 18.0 Å². The van der Waals surface area contributed by atoms with Gasteiger partial charge in [0.1, 0.15) is 6.10 Å². The Labute approximate surface area is 103 Å². The number of hydrogen-bond acceptors (Lipinski definition) is 3. The van der Waals surface area contributed by atoms with Crippen LogP contribution in [0.1, 0.15) is 45.9 Å². The molecule has 0 amide bonds. The van der Waals surface area contributed by atoms with Gasteiger partial charge in [0.2, 0.25) is 0 Å². The van der Waals surface area contributed by atoms with Crippen molar-refractivity contribution in [2.75, 3.05) is 0 Å². The number of hydrogen-bond donors (Lipinski definition) is 1. The lowest BCUT2D eigenvalue weighted by atomic mass is 10.0. The standard InChI is InChI=1S/C13H22N2O2/c1-5-10(4)15-7-6-11(14-15)8-12(16)13(17)9(2)3/h6-7,9-10,13,17H,5,8H2,1-4H3. The van der Waals surface area contributed by atoms with E-state index in [1.807, 2.05) is 30.8 Å². The van der Waals surface area contributed by atoms with E-state index >= 15 is 0 Å². The van der Waals surface area contributed by atoms with Gasteiger partial charge in [-0.1, -0.05) is 20.8 Å². The Morgan fingerprint density at radius 1 is 1.47 bits per heavy atom. The first-order valence-electron chi connectivity index (χ1n) is 6.20. The zero-order valence-electron chi connectivity index (χ0n) is 11.1. The molecule has 2 atom stereocenters. The molecule has 4 heteroatoms. The van der Waals surface area contributed by atoms with Crippen molar-refractivity contribution >= 4 is 5.78 Å². The molecule has 0 aliphatic heterocycles. The average Bonchev–Trinajstić information content (AvgIpc) is 2.75. The molecule has 0 fully saturated rings. The largest absolute Gasteiger partial charge is 0.385 e. The lowest BCUT2D eigenvalue weighted by Crippen LogP contribution is -2.27. The van der Waals surface area contributed by atoms with Crippen LogP contribution in [0.3, 0.4) is 0 Å². The number of aromatic nitrogens is 2. The average molecular weight is 238 g/mol. The summed E-state index contributed by atoms with van der Waals surface area (Å²) >= 11 is 0. The van der Waals surface area contributed by atoms with E-state index in [4.69, 9.17) is 0 Å². The molecule has 0 spiro atoms. The molecule has 0 saturated carbocycles. The number of ketones is 1. The third kappa shape index (κ3) is 3.66. The maximum atomic E-state index is 11.7. The highest BCUT2D eigenvalue weighted by atomic mass is 16.3. The maximum absolute atomic E-state index is 11.7. The summed E-state index contributed by atoms with van der Waals surface area (Å²) in [5.74, 6) is -0.200. The third-order valence-corrected chi connectivity index (χ3v) is 3.02. The quantitative estimate of drug-likeness (QED) is 0.824. The minimum absolute atomic E-state index is 0.0425. The number of carbonyl (C=O) groups is 1. The van der Waals surface area contributed by atoms with E-state index in [2.05, 4.69) is 18.9 Å². The molecule has 4 nitrogen and oxygen atoms in total. The van der Waals surface area contributed by atoms with Gasteiger partial charge in [-0.15, -0.1) is 0 Å². The predicted molar refractivity (Wildman–Crippen MR) is 66.8 cm³/mol. The first-order valence-corrected chi connectivity index (χ1v) is 6.20. The van der Waals surface area contributed by atoms with Crippen LogP contribution in [-0.2, 0) is 11.2 Å². The fraction of sp³-hybridized carbons (Fsp3) is 0.692. The van der Waals surface area contributed by atoms with Gasteiger partial charge in [0.15, 0.2) is 5.78 Å². The van der Waals surface area contributed by atoms with Gasteiger partial charge in [0.05, 0.1) is 12.1 Å². The number of carbonyl (C=O) groups excluding carboxylic acids is 1. The van der Waals surface area contributed by atoms with Gasteiger partial charge in [-0.2, -0.15) is 5.10 Å². The maximum Gasteiger partial charge on any atom is 0.167 e. The molecule has 1 N–H and O–H groups in total. The summed E-state index contributed by atoms with van der Waals surface area (Å²) in [6.07, 6.45) is 2.22. The van der Waals surface area contributed by atoms with E-state index in [0.717, 1.165) is 12.1 Å². The second-order valence-electron chi connectivity index (χ2n) is 4.88. The van der Waals surface area contributed by atoms with Gasteiger partial charge < -0.3 is 5.11 Å². The first kappa shape index (κ1) is 13.9. The van der Waals surface area contributed by atoms with E-state index in [1.54, 1.807) is 0 Å². The topological polar surface area (TPSA) is 55.1 Å². The summed E-state index contributed by atoms with van der Waals surface area (Å²) in [4.78, 5) is 11.7. The molecule has 0 radical (unpaired) electrons. The van der Waals surface area contributed by atoms with Gasteiger partial charge in [-0.3, -0.25) is 9.48 Å². The van der Waals surface area contributed by atoms with Gasteiger partial charge >= 0.3 is 0 Å². The predicted octanol–water partition coefficient (Wildman–Crippen LogP) is 1.98. The van der Waals surface area contributed by atoms with Crippen LogP contribution < -0.4 is 0 Å².